The maximum absolute atomic E-state index is 5.74. The molecule has 8 nitrogen and oxygen atoms in total. The normalized spacial score (nSPS) is 10.1. The van der Waals surface area contributed by atoms with Crippen molar-refractivity contribution >= 4 is 58.2 Å². The van der Waals surface area contributed by atoms with Gasteiger partial charge < -0.3 is 10.6 Å². The zero-order valence-electron chi connectivity index (χ0n) is 16.4. The molecular weight excluding hydrogens is 494 g/mol. The first-order valence-electron chi connectivity index (χ1n) is 9.15. The van der Waals surface area contributed by atoms with Crippen LogP contribution in [0.5, 0.6) is 0 Å². The fraction of sp³-hybridized carbons (Fsp3) is 0.100. The number of hydrogen-bond donors (Lipinski definition) is 2. The number of nitrogens with one attached hydrogen (secondary N) is 2. The number of halogens is 4. The number of aromatic nitrogens is 6. The molecule has 0 aromatic carbocycles. The highest BCUT2D eigenvalue weighted by molar-refractivity contribution is 6.33. The van der Waals surface area contributed by atoms with Crippen LogP contribution in [0.2, 0.25) is 20.7 Å². The van der Waals surface area contributed by atoms with Gasteiger partial charge in [0.1, 0.15) is 21.3 Å². The van der Waals surface area contributed by atoms with Crippen molar-refractivity contribution in [1.82, 2.24) is 29.9 Å². The largest absolute Gasteiger partial charge is 0.364 e. The first-order chi connectivity index (χ1) is 15.5. The molecule has 0 aliphatic carbocycles. The van der Waals surface area contributed by atoms with Crippen molar-refractivity contribution < 1.29 is 0 Å². The Bertz CT molecular complexity index is 1000. The molecule has 4 aromatic rings. The SMILES string of the molecule is Clc1cc(Cl)nc(NCc2ccccn2)n1.Clc1cc(NCc2ccccn2)nc(Cl)n1. The van der Waals surface area contributed by atoms with Crippen LogP contribution in [-0.4, -0.2) is 29.9 Å². The van der Waals surface area contributed by atoms with Crippen LogP contribution < -0.4 is 10.6 Å². The lowest BCUT2D eigenvalue weighted by atomic mass is 10.3. The van der Waals surface area contributed by atoms with E-state index < -0.39 is 0 Å². The first kappa shape index (κ1) is 23.9. The summed E-state index contributed by atoms with van der Waals surface area (Å²) in [7, 11) is 0. The van der Waals surface area contributed by atoms with Gasteiger partial charge in [0, 0.05) is 24.5 Å². The molecule has 0 bridgehead atoms. The van der Waals surface area contributed by atoms with Crippen LogP contribution >= 0.6 is 46.4 Å². The molecular formula is C20H16Cl4N8. The van der Waals surface area contributed by atoms with Gasteiger partial charge in [-0.15, -0.1) is 0 Å². The Morgan fingerprint density at radius 1 is 0.625 bits per heavy atom. The van der Waals surface area contributed by atoms with Gasteiger partial charge in [-0.05, 0) is 35.9 Å². The van der Waals surface area contributed by atoms with Crippen LogP contribution in [0.25, 0.3) is 0 Å². The van der Waals surface area contributed by atoms with Crippen molar-refractivity contribution in [3.63, 3.8) is 0 Å². The van der Waals surface area contributed by atoms with Crippen molar-refractivity contribution in [2.45, 2.75) is 13.1 Å². The minimum absolute atomic E-state index is 0.121. The summed E-state index contributed by atoms with van der Waals surface area (Å²) in [6.45, 7) is 1.09. The molecule has 0 saturated heterocycles. The zero-order valence-corrected chi connectivity index (χ0v) is 19.4. The maximum atomic E-state index is 5.74. The smallest absolute Gasteiger partial charge is 0.225 e. The van der Waals surface area contributed by atoms with E-state index in [0.717, 1.165) is 11.4 Å². The zero-order chi connectivity index (χ0) is 22.8. The van der Waals surface area contributed by atoms with Gasteiger partial charge in [-0.2, -0.15) is 0 Å². The molecule has 4 aromatic heterocycles. The summed E-state index contributed by atoms with van der Waals surface area (Å²) in [6.07, 6.45) is 3.46. The number of rotatable bonds is 6. The van der Waals surface area contributed by atoms with E-state index in [0.29, 0.717) is 40.3 Å². The monoisotopic (exact) mass is 508 g/mol. The Balaban J connectivity index is 0.000000181. The Kier molecular flexibility index (Phi) is 9.18. The molecule has 0 fully saturated rings. The van der Waals surface area contributed by atoms with Crippen LogP contribution in [0.1, 0.15) is 11.4 Å². The lowest BCUT2D eigenvalue weighted by molar-refractivity contribution is 1.00. The quantitative estimate of drug-likeness (QED) is 0.256. The summed E-state index contributed by atoms with van der Waals surface area (Å²) < 4.78 is 0. The molecule has 12 heteroatoms. The number of hydrogen-bond acceptors (Lipinski definition) is 8. The summed E-state index contributed by atoms with van der Waals surface area (Å²) >= 11 is 22.9. The average Bonchev–Trinajstić information content (AvgIpc) is 2.77. The van der Waals surface area contributed by atoms with Crippen molar-refractivity contribution in [3.05, 3.63) is 93.1 Å². The number of pyridine rings is 2. The van der Waals surface area contributed by atoms with E-state index >= 15 is 0 Å². The van der Waals surface area contributed by atoms with Crippen molar-refractivity contribution in [2.24, 2.45) is 0 Å². The molecule has 0 aliphatic heterocycles. The van der Waals surface area contributed by atoms with E-state index in [9.17, 15) is 0 Å². The van der Waals surface area contributed by atoms with Crippen molar-refractivity contribution in [3.8, 4) is 0 Å². The van der Waals surface area contributed by atoms with Gasteiger partial charge in [0.05, 0.1) is 24.5 Å². The minimum atomic E-state index is 0.121. The highest BCUT2D eigenvalue weighted by atomic mass is 35.5. The van der Waals surface area contributed by atoms with Gasteiger partial charge in [0.2, 0.25) is 11.2 Å². The fourth-order valence-corrected chi connectivity index (χ4v) is 3.14. The summed E-state index contributed by atoms with van der Waals surface area (Å²) in [4.78, 5) is 24.0. The predicted molar refractivity (Wildman–Crippen MR) is 127 cm³/mol. The Labute approximate surface area is 204 Å². The molecule has 0 amide bonds. The average molecular weight is 510 g/mol. The lowest BCUT2D eigenvalue weighted by Crippen LogP contribution is -2.04. The molecule has 0 unspecified atom stereocenters. The second kappa shape index (κ2) is 12.3. The Morgan fingerprint density at radius 3 is 1.72 bits per heavy atom. The summed E-state index contributed by atoms with van der Waals surface area (Å²) in [5, 5.41) is 7.10. The van der Waals surface area contributed by atoms with E-state index in [-0.39, 0.29) is 5.28 Å². The topological polar surface area (TPSA) is 101 Å². The minimum Gasteiger partial charge on any atom is -0.364 e. The van der Waals surface area contributed by atoms with Gasteiger partial charge in [-0.25, -0.2) is 19.9 Å². The van der Waals surface area contributed by atoms with Gasteiger partial charge in [-0.1, -0.05) is 46.9 Å². The second-order valence-electron chi connectivity index (χ2n) is 6.03. The van der Waals surface area contributed by atoms with Crippen LogP contribution in [-0.2, 0) is 13.1 Å². The Hall–Kier alpha value is -2.78. The highest BCUT2D eigenvalue weighted by Gasteiger charge is 2.02. The molecule has 4 rings (SSSR count). The standard InChI is InChI=1S/2C10H8Cl2N4/c11-8-5-9(16-10(12)15-8)14-6-7-3-1-2-4-13-7;11-8-5-9(12)16-10(15-8)14-6-7-3-1-2-4-13-7/h2*1-5H,6H2,(H,14,15,16). The predicted octanol–water partition coefficient (Wildman–Crippen LogP) is 5.58. The molecule has 0 aliphatic rings. The van der Waals surface area contributed by atoms with Gasteiger partial charge in [0.15, 0.2) is 0 Å². The third-order valence-electron chi connectivity index (χ3n) is 3.66. The highest BCUT2D eigenvalue weighted by Crippen LogP contribution is 2.15. The second-order valence-corrected chi connectivity index (χ2v) is 7.53. The molecule has 2 N–H and O–H groups in total. The number of nitrogens with zero attached hydrogens (tertiary/aromatic N) is 6. The third-order valence-corrected chi connectivity index (χ3v) is 4.41. The molecule has 0 spiro atoms. The van der Waals surface area contributed by atoms with E-state index in [2.05, 4.69) is 40.5 Å². The summed E-state index contributed by atoms with van der Waals surface area (Å²) in [5.74, 6) is 0.971. The van der Waals surface area contributed by atoms with Crippen LogP contribution in [0.4, 0.5) is 11.8 Å². The third kappa shape index (κ3) is 8.39. The maximum Gasteiger partial charge on any atom is 0.225 e. The molecule has 0 radical (unpaired) electrons. The summed E-state index contributed by atoms with van der Waals surface area (Å²) in [6, 6.07) is 14.5. The molecule has 4 heterocycles. The fourth-order valence-electron chi connectivity index (χ4n) is 2.31. The van der Waals surface area contributed by atoms with Crippen LogP contribution in [0, 0.1) is 0 Å². The molecule has 0 atom stereocenters. The van der Waals surface area contributed by atoms with E-state index in [1.165, 1.54) is 6.07 Å². The van der Waals surface area contributed by atoms with E-state index in [4.69, 9.17) is 46.4 Å². The molecule has 0 saturated carbocycles. The Morgan fingerprint density at radius 2 is 1.19 bits per heavy atom. The number of anilines is 2. The van der Waals surface area contributed by atoms with E-state index in [1.807, 2.05) is 36.4 Å². The van der Waals surface area contributed by atoms with Crippen molar-refractivity contribution in [2.75, 3.05) is 10.6 Å². The van der Waals surface area contributed by atoms with Crippen molar-refractivity contribution in [1.29, 1.82) is 0 Å². The molecule has 164 valence electrons. The summed E-state index contributed by atoms with van der Waals surface area (Å²) in [5.41, 5.74) is 1.80. The van der Waals surface area contributed by atoms with Gasteiger partial charge >= 0.3 is 0 Å². The van der Waals surface area contributed by atoms with Gasteiger partial charge in [0.25, 0.3) is 0 Å². The van der Waals surface area contributed by atoms with E-state index in [1.54, 1.807) is 18.5 Å². The first-order valence-corrected chi connectivity index (χ1v) is 10.7. The van der Waals surface area contributed by atoms with Gasteiger partial charge in [-0.3, -0.25) is 9.97 Å². The van der Waals surface area contributed by atoms with Crippen LogP contribution in [0.3, 0.4) is 0 Å². The molecule has 32 heavy (non-hydrogen) atoms. The van der Waals surface area contributed by atoms with Crippen LogP contribution in [0.15, 0.2) is 60.9 Å². The lowest BCUT2D eigenvalue weighted by Gasteiger charge is -2.05.